The molecular weight excluding hydrogens is 395 g/mol. The average molecular weight is 413 g/mol. The zero-order valence-corrected chi connectivity index (χ0v) is 15.9. The molecule has 0 unspecified atom stereocenters. The maximum Gasteiger partial charge on any atom is 0.243 e. The van der Waals surface area contributed by atoms with E-state index in [0.717, 1.165) is 6.07 Å². The van der Waals surface area contributed by atoms with E-state index >= 15 is 0 Å². The highest BCUT2D eigenvalue weighted by Crippen LogP contribution is 2.20. The number of carbonyl (C=O) groups is 1. The van der Waals surface area contributed by atoms with Crippen LogP contribution in [0.3, 0.4) is 0 Å². The summed E-state index contributed by atoms with van der Waals surface area (Å²) in [6.07, 6.45) is -0.156. The van der Waals surface area contributed by atoms with Crippen molar-refractivity contribution in [1.29, 1.82) is 0 Å². The summed E-state index contributed by atoms with van der Waals surface area (Å²) in [7, 11) is -3.59. The lowest BCUT2D eigenvalue weighted by Crippen LogP contribution is -2.40. The van der Waals surface area contributed by atoms with Crippen LogP contribution in [0, 0.1) is 5.82 Å². The summed E-state index contributed by atoms with van der Waals surface area (Å²) in [5.74, 6) is -0.968. The van der Waals surface area contributed by atoms with Gasteiger partial charge in [0.05, 0.1) is 24.5 Å². The van der Waals surface area contributed by atoms with Crippen LogP contribution in [0.1, 0.15) is 5.56 Å². The maximum atomic E-state index is 13.8. The van der Waals surface area contributed by atoms with Crippen LogP contribution in [-0.2, 0) is 26.0 Å². The standard InChI is InChI=1S/C18H18ClFN2O4S/c19-14-2-1-13(17(20)12-14)11-18(23)21-15-3-5-16(6-4-15)27(24,25)22-7-9-26-10-8-22/h1-6,12H,7-11H2,(H,21,23). The van der Waals surface area contributed by atoms with Crippen molar-refractivity contribution < 1.29 is 22.3 Å². The van der Waals surface area contributed by atoms with Gasteiger partial charge >= 0.3 is 0 Å². The number of rotatable bonds is 5. The molecule has 2 aromatic carbocycles. The Morgan fingerprint density at radius 3 is 2.44 bits per heavy atom. The van der Waals surface area contributed by atoms with E-state index in [1.165, 1.54) is 40.7 Å². The third-order valence-electron chi connectivity index (χ3n) is 4.11. The number of carbonyl (C=O) groups excluding carboxylic acids is 1. The summed E-state index contributed by atoms with van der Waals surface area (Å²) in [6.45, 7) is 1.37. The van der Waals surface area contributed by atoms with E-state index in [-0.39, 0.29) is 21.9 Å². The highest BCUT2D eigenvalue weighted by Gasteiger charge is 2.26. The van der Waals surface area contributed by atoms with Crippen molar-refractivity contribution in [2.45, 2.75) is 11.3 Å². The van der Waals surface area contributed by atoms with Crippen LogP contribution in [0.4, 0.5) is 10.1 Å². The third kappa shape index (κ3) is 4.84. The molecule has 1 fully saturated rings. The largest absolute Gasteiger partial charge is 0.379 e. The van der Waals surface area contributed by atoms with Crippen molar-refractivity contribution in [3.8, 4) is 0 Å². The Bertz CT molecular complexity index is 929. The van der Waals surface area contributed by atoms with Crippen LogP contribution in [-0.4, -0.2) is 44.9 Å². The van der Waals surface area contributed by atoms with Gasteiger partial charge in [-0.25, -0.2) is 12.8 Å². The van der Waals surface area contributed by atoms with Crippen LogP contribution >= 0.6 is 11.6 Å². The second kappa shape index (κ2) is 8.35. The van der Waals surface area contributed by atoms with Crippen LogP contribution in [0.15, 0.2) is 47.4 Å². The fraction of sp³-hybridized carbons (Fsp3) is 0.278. The van der Waals surface area contributed by atoms with E-state index in [4.69, 9.17) is 16.3 Å². The van der Waals surface area contributed by atoms with Crippen LogP contribution in [0.5, 0.6) is 0 Å². The first kappa shape index (κ1) is 19.8. The molecule has 1 N–H and O–H groups in total. The molecule has 0 spiro atoms. The number of nitrogens with one attached hydrogen (secondary N) is 1. The number of sulfonamides is 1. The lowest BCUT2D eigenvalue weighted by molar-refractivity contribution is -0.115. The minimum absolute atomic E-state index is 0.145. The molecule has 27 heavy (non-hydrogen) atoms. The lowest BCUT2D eigenvalue weighted by Gasteiger charge is -2.26. The molecule has 144 valence electrons. The average Bonchev–Trinajstić information content (AvgIpc) is 2.65. The summed E-state index contributed by atoms with van der Waals surface area (Å²) < 4.78 is 45.4. The second-order valence-corrected chi connectivity index (χ2v) is 8.38. The highest BCUT2D eigenvalue weighted by atomic mass is 35.5. The Balaban J connectivity index is 1.65. The predicted octanol–water partition coefficient (Wildman–Crippen LogP) is 2.68. The van der Waals surface area contributed by atoms with Crippen LogP contribution < -0.4 is 5.32 Å². The molecule has 3 rings (SSSR count). The fourth-order valence-electron chi connectivity index (χ4n) is 2.69. The number of morpholine rings is 1. The number of halogens is 2. The van der Waals surface area contributed by atoms with Gasteiger partial charge in [0, 0.05) is 23.8 Å². The van der Waals surface area contributed by atoms with Crippen molar-refractivity contribution in [3.63, 3.8) is 0 Å². The molecule has 0 saturated carbocycles. The molecule has 1 aliphatic heterocycles. The van der Waals surface area contributed by atoms with Gasteiger partial charge < -0.3 is 10.1 Å². The molecule has 1 heterocycles. The van der Waals surface area contributed by atoms with Crippen molar-refractivity contribution >= 4 is 33.2 Å². The SMILES string of the molecule is O=C(Cc1ccc(Cl)cc1F)Nc1ccc(S(=O)(=O)N2CCOCC2)cc1. The van der Waals surface area contributed by atoms with Crippen molar-refractivity contribution in [1.82, 2.24) is 4.31 Å². The van der Waals surface area contributed by atoms with E-state index in [9.17, 15) is 17.6 Å². The Morgan fingerprint density at radius 1 is 1.15 bits per heavy atom. The quantitative estimate of drug-likeness (QED) is 0.819. The van der Waals surface area contributed by atoms with Gasteiger partial charge in [-0.1, -0.05) is 17.7 Å². The first-order chi connectivity index (χ1) is 12.9. The van der Waals surface area contributed by atoms with Gasteiger partial charge in [0.25, 0.3) is 0 Å². The molecular formula is C18H18ClFN2O4S. The van der Waals surface area contributed by atoms with Gasteiger partial charge in [-0.15, -0.1) is 0 Å². The minimum Gasteiger partial charge on any atom is -0.379 e. The number of amides is 1. The van der Waals surface area contributed by atoms with Gasteiger partial charge in [0.1, 0.15) is 5.82 Å². The van der Waals surface area contributed by atoms with E-state index in [0.29, 0.717) is 32.0 Å². The predicted molar refractivity (Wildman–Crippen MR) is 99.8 cm³/mol. The number of hydrogen-bond acceptors (Lipinski definition) is 4. The first-order valence-corrected chi connectivity index (χ1v) is 10.1. The van der Waals surface area contributed by atoms with Gasteiger partial charge in [0.15, 0.2) is 0 Å². The molecule has 0 bridgehead atoms. The number of nitrogens with zero attached hydrogens (tertiary/aromatic N) is 1. The number of ether oxygens (including phenoxy) is 1. The molecule has 0 radical (unpaired) electrons. The zero-order valence-electron chi connectivity index (χ0n) is 14.3. The molecule has 0 atom stereocenters. The molecule has 2 aromatic rings. The number of hydrogen-bond donors (Lipinski definition) is 1. The van der Waals surface area contributed by atoms with E-state index in [2.05, 4.69) is 5.32 Å². The molecule has 0 aliphatic carbocycles. The van der Waals surface area contributed by atoms with E-state index < -0.39 is 21.7 Å². The van der Waals surface area contributed by atoms with Crippen LogP contribution in [0.2, 0.25) is 5.02 Å². The summed E-state index contributed by atoms with van der Waals surface area (Å²) >= 11 is 5.69. The Labute approximate surface area is 161 Å². The van der Waals surface area contributed by atoms with Crippen molar-refractivity contribution in [3.05, 3.63) is 58.9 Å². The second-order valence-electron chi connectivity index (χ2n) is 6.00. The first-order valence-electron chi connectivity index (χ1n) is 8.28. The van der Waals surface area contributed by atoms with Gasteiger partial charge in [-0.3, -0.25) is 4.79 Å². The lowest BCUT2D eigenvalue weighted by atomic mass is 10.1. The zero-order chi connectivity index (χ0) is 19.4. The van der Waals surface area contributed by atoms with Crippen molar-refractivity contribution in [2.75, 3.05) is 31.6 Å². The summed E-state index contributed by atoms with van der Waals surface area (Å²) in [4.78, 5) is 12.2. The Kier molecular flexibility index (Phi) is 6.11. The summed E-state index contributed by atoms with van der Waals surface area (Å²) in [6, 6.07) is 9.99. The van der Waals surface area contributed by atoms with E-state index in [1.807, 2.05) is 0 Å². The smallest absolute Gasteiger partial charge is 0.243 e. The third-order valence-corrected chi connectivity index (χ3v) is 6.26. The Morgan fingerprint density at radius 2 is 1.81 bits per heavy atom. The summed E-state index contributed by atoms with van der Waals surface area (Å²) in [5.41, 5.74) is 0.652. The fourth-order valence-corrected chi connectivity index (χ4v) is 4.26. The molecule has 0 aromatic heterocycles. The molecule has 6 nitrogen and oxygen atoms in total. The Hall–Kier alpha value is -2.00. The molecule has 1 amide bonds. The molecule has 9 heteroatoms. The summed E-state index contributed by atoms with van der Waals surface area (Å²) in [5, 5.41) is 2.88. The molecule has 1 aliphatic rings. The van der Waals surface area contributed by atoms with Gasteiger partial charge in [-0.05, 0) is 42.0 Å². The minimum atomic E-state index is -3.59. The maximum absolute atomic E-state index is 13.8. The number of benzene rings is 2. The normalized spacial score (nSPS) is 15.5. The highest BCUT2D eigenvalue weighted by molar-refractivity contribution is 7.89. The molecule has 1 saturated heterocycles. The van der Waals surface area contributed by atoms with Gasteiger partial charge in [-0.2, -0.15) is 4.31 Å². The van der Waals surface area contributed by atoms with Crippen LogP contribution in [0.25, 0.3) is 0 Å². The van der Waals surface area contributed by atoms with E-state index in [1.54, 1.807) is 0 Å². The van der Waals surface area contributed by atoms with Crippen molar-refractivity contribution in [2.24, 2.45) is 0 Å². The monoisotopic (exact) mass is 412 g/mol. The topological polar surface area (TPSA) is 75.7 Å². The van der Waals surface area contributed by atoms with Gasteiger partial charge in [0.2, 0.25) is 15.9 Å². The number of anilines is 1.